The molecule has 1 aromatic rings. The second-order valence-corrected chi connectivity index (χ2v) is 2.72. The summed E-state index contributed by atoms with van der Waals surface area (Å²) in [4.78, 5) is 0. The van der Waals surface area contributed by atoms with Gasteiger partial charge in [0.1, 0.15) is 11.6 Å². The normalized spacial score (nSPS) is 12.9. The zero-order valence-corrected chi connectivity index (χ0v) is 6.92. The number of benzene rings is 1. The molecule has 1 atom stereocenters. The SMILES string of the molecule is CC[C@@H](N)c1cc(O)ccc1F. The van der Waals surface area contributed by atoms with Gasteiger partial charge in [0.15, 0.2) is 0 Å². The summed E-state index contributed by atoms with van der Waals surface area (Å²) in [6.45, 7) is 1.87. The van der Waals surface area contributed by atoms with E-state index in [1.807, 2.05) is 6.92 Å². The summed E-state index contributed by atoms with van der Waals surface area (Å²) in [6, 6.07) is 3.56. The number of hydrogen-bond donors (Lipinski definition) is 2. The van der Waals surface area contributed by atoms with Gasteiger partial charge in [0.25, 0.3) is 0 Å². The summed E-state index contributed by atoms with van der Waals surface area (Å²) >= 11 is 0. The molecule has 1 aromatic carbocycles. The molecule has 0 aliphatic rings. The summed E-state index contributed by atoms with van der Waals surface area (Å²) in [6.07, 6.45) is 0.653. The Morgan fingerprint density at radius 2 is 2.25 bits per heavy atom. The highest BCUT2D eigenvalue weighted by Gasteiger charge is 2.09. The highest BCUT2D eigenvalue weighted by molar-refractivity contribution is 5.30. The average Bonchev–Trinajstić information content (AvgIpc) is 2.08. The molecule has 0 radical (unpaired) electrons. The molecule has 66 valence electrons. The lowest BCUT2D eigenvalue weighted by atomic mass is 10.0. The third-order valence-electron chi connectivity index (χ3n) is 1.82. The van der Waals surface area contributed by atoms with Crippen LogP contribution in [0.25, 0.3) is 0 Å². The Morgan fingerprint density at radius 1 is 1.58 bits per heavy atom. The van der Waals surface area contributed by atoms with E-state index < -0.39 is 0 Å². The molecule has 2 nitrogen and oxygen atoms in total. The van der Waals surface area contributed by atoms with Crippen molar-refractivity contribution in [3.8, 4) is 5.75 Å². The van der Waals surface area contributed by atoms with E-state index >= 15 is 0 Å². The van der Waals surface area contributed by atoms with Crippen molar-refractivity contribution in [1.82, 2.24) is 0 Å². The Hall–Kier alpha value is -1.09. The van der Waals surface area contributed by atoms with Crippen molar-refractivity contribution < 1.29 is 9.50 Å². The summed E-state index contributed by atoms with van der Waals surface area (Å²) in [7, 11) is 0. The van der Waals surface area contributed by atoms with Crippen LogP contribution in [0.15, 0.2) is 18.2 Å². The van der Waals surface area contributed by atoms with Gasteiger partial charge in [-0.3, -0.25) is 0 Å². The van der Waals surface area contributed by atoms with Gasteiger partial charge in [0.05, 0.1) is 0 Å². The van der Waals surface area contributed by atoms with Crippen LogP contribution in [-0.2, 0) is 0 Å². The number of rotatable bonds is 2. The van der Waals surface area contributed by atoms with Crippen molar-refractivity contribution in [2.75, 3.05) is 0 Å². The van der Waals surface area contributed by atoms with E-state index in [9.17, 15) is 4.39 Å². The molecule has 3 N–H and O–H groups in total. The third kappa shape index (κ3) is 1.74. The van der Waals surface area contributed by atoms with Crippen LogP contribution in [0, 0.1) is 5.82 Å². The van der Waals surface area contributed by atoms with Crippen LogP contribution in [0.1, 0.15) is 24.9 Å². The van der Waals surface area contributed by atoms with Gasteiger partial charge in [0.2, 0.25) is 0 Å². The topological polar surface area (TPSA) is 46.2 Å². The minimum atomic E-state index is -0.359. The maximum absolute atomic E-state index is 13.0. The molecule has 0 saturated heterocycles. The van der Waals surface area contributed by atoms with Crippen molar-refractivity contribution in [2.45, 2.75) is 19.4 Å². The van der Waals surface area contributed by atoms with E-state index in [1.54, 1.807) is 0 Å². The van der Waals surface area contributed by atoms with Crippen molar-refractivity contribution in [3.05, 3.63) is 29.6 Å². The van der Waals surface area contributed by atoms with Gasteiger partial charge < -0.3 is 10.8 Å². The van der Waals surface area contributed by atoms with E-state index in [1.165, 1.54) is 18.2 Å². The molecule has 0 spiro atoms. The largest absolute Gasteiger partial charge is 0.508 e. The Balaban J connectivity index is 3.04. The zero-order valence-electron chi connectivity index (χ0n) is 6.92. The van der Waals surface area contributed by atoms with Crippen LogP contribution in [0.3, 0.4) is 0 Å². The average molecular weight is 169 g/mol. The first kappa shape index (κ1) is 9.00. The maximum Gasteiger partial charge on any atom is 0.128 e. The standard InChI is InChI=1S/C9H12FNO/c1-2-9(11)7-5-6(12)3-4-8(7)10/h3-5,9,12H,2,11H2,1H3/t9-/m1/s1. The van der Waals surface area contributed by atoms with E-state index in [0.29, 0.717) is 12.0 Å². The summed E-state index contributed by atoms with van der Waals surface area (Å²) in [5.74, 6) is -0.308. The quantitative estimate of drug-likeness (QED) is 0.710. The van der Waals surface area contributed by atoms with Crippen molar-refractivity contribution in [2.24, 2.45) is 5.73 Å². The maximum atomic E-state index is 13.0. The van der Waals surface area contributed by atoms with E-state index in [-0.39, 0.29) is 17.6 Å². The predicted molar refractivity (Wildman–Crippen MR) is 45.3 cm³/mol. The lowest BCUT2D eigenvalue weighted by molar-refractivity contribution is 0.469. The molecular weight excluding hydrogens is 157 g/mol. The lowest BCUT2D eigenvalue weighted by Crippen LogP contribution is -2.10. The molecule has 0 aliphatic carbocycles. The first-order chi connectivity index (χ1) is 5.65. The van der Waals surface area contributed by atoms with Gasteiger partial charge in [-0.25, -0.2) is 4.39 Å². The van der Waals surface area contributed by atoms with Crippen LogP contribution in [0.2, 0.25) is 0 Å². The van der Waals surface area contributed by atoms with E-state index in [0.717, 1.165) is 0 Å². The fourth-order valence-corrected chi connectivity index (χ4v) is 1.04. The molecule has 0 bridgehead atoms. The molecule has 0 aliphatic heterocycles. The van der Waals surface area contributed by atoms with Gasteiger partial charge in [0, 0.05) is 11.6 Å². The minimum absolute atomic E-state index is 0.0512. The number of phenols is 1. The molecule has 3 heteroatoms. The van der Waals surface area contributed by atoms with Gasteiger partial charge in [-0.1, -0.05) is 6.92 Å². The van der Waals surface area contributed by atoms with Gasteiger partial charge in [-0.15, -0.1) is 0 Å². The number of aromatic hydroxyl groups is 1. The number of hydrogen-bond acceptors (Lipinski definition) is 2. The van der Waals surface area contributed by atoms with Crippen molar-refractivity contribution in [3.63, 3.8) is 0 Å². The third-order valence-corrected chi connectivity index (χ3v) is 1.82. The van der Waals surface area contributed by atoms with Gasteiger partial charge >= 0.3 is 0 Å². The molecule has 0 saturated carbocycles. The highest BCUT2D eigenvalue weighted by atomic mass is 19.1. The molecular formula is C9H12FNO. The highest BCUT2D eigenvalue weighted by Crippen LogP contribution is 2.21. The minimum Gasteiger partial charge on any atom is -0.508 e. The molecule has 12 heavy (non-hydrogen) atoms. The van der Waals surface area contributed by atoms with Gasteiger partial charge in [-0.2, -0.15) is 0 Å². The summed E-state index contributed by atoms with van der Waals surface area (Å²) < 4.78 is 13.0. The van der Waals surface area contributed by atoms with E-state index in [4.69, 9.17) is 10.8 Å². The Labute approximate surface area is 70.8 Å². The summed E-state index contributed by atoms with van der Waals surface area (Å²) in [5.41, 5.74) is 5.99. The molecule has 0 amide bonds. The second-order valence-electron chi connectivity index (χ2n) is 2.72. The van der Waals surface area contributed by atoms with Gasteiger partial charge in [-0.05, 0) is 24.6 Å². The van der Waals surface area contributed by atoms with Crippen LogP contribution >= 0.6 is 0 Å². The Bertz CT molecular complexity index is 275. The monoisotopic (exact) mass is 169 g/mol. The van der Waals surface area contributed by atoms with Crippen molar-refractivity contribution >= 4 is 0 Å². The van der Waals surface area contributed by atoms with Crippen molar-refractivity contribution in [1.29, 1.82) is 0 Å². The fraction of sp³-hybridized carbons (Fsp3) is 0.333. The van der Waals surface area contributed by atoms with Crippen LogP contribution in [-0.4, -0.2) is 5.11 Å². The van der Waals surface area contributed by atoms with E-state index in [2.05, 4.69) is 0 Å². The first-order valence-electron chi connectivity index (χ1n) is 3.89. The number of nitrogens with two attached hydrogens (primary N) is 1. The summed E-state index contributed by atoms with van der Waals surface area (Å²) in [5, 5.41) is 9.06. The predicted octanol–water partition coefficient (Wildman–Crippen LogP) is 1.94. The molecule has 0 unspecified atom stereocenters. The van der Waals surface area contributed by atoms with Crippen LogP contribution < -0.4 is 5.73 Å². The Morgan fingerprint density at radius 3 is 2.83 bits per heavy atom. The first-order valence-corrected chi connectivity index (χ1v) is 3.89. The number of halogens is 1. The molecule has 0 fully saturated rings. The fourth-order valence-electron chi connectivity index (χ4n) is 1.04. The zero-order chi connectivity index (χ0) is 9.14. The lowest BCUT2D eigenvalue weighted by Gasteiger charge is -2.09. The molecule has 0 aromatic heterocycles. The molecule has 0 heterocycles. The molecule has 1 rings (SSSR count). The number of phenolic OH excluding ortho intramolecular Hbond substituents is 1. The van der Waals surface area contributed by atoms with Crippen LogP contribution in [0.4, 0.5) is 4.39 Å². The Kier molecular flexibility index (Phi) is 2.65. The smallest absolute Gasteiger partial charge is 0.128 e. The van der Waals surface area contributed by atoms with Crippen LogP contribution in [0.5, 0.6) is 5.75 Å². The second kappa shape index (κ2) is 3.54.